The lowest BCUT2D eigenvalue weighted by molar-refractivity contribution is -0.384. The van der Waals surface area contributed by atoms with Crippen LogP contribution in [0.1, 0.15) is 25.7 Å². The molecule has 0 fully saturated rings. The van der Waals surface area contributed by atoms with E-state index in [1.54, 1.807) is 0 Å². The molecule has 0 spiro atoms. The maximum Gasteiger partial charge on any atom is 0.305 e. The van der Waals surface area contributed by atoms with Crippen molar-refractivity contribution in [3.8, 4) is 0 Å². The lowest BCUT2D eigenvalue weighted by Gasteiger charge is -2.18. The Kier molecular flexibility index (Phi) is 5.29. The molecule has 0 unspecified atom stereocenters. The molecule has 0 saturated heterocycles. The number of nitrogens with zero attached hydrogens (tertiary/aromatic N) is 1. The van der Waals surface area contributed by atoms with Crippen LogP contribution < -0.4 is 0 Å². The van der Waals surface area contributed by atoms with Crippen molar-refractivity contribution in [1.82, 2.24) is 0 Å². The molecule has 9 heteroatoms. The van der Waals surface area contributed by atoms with Gasteiger partial charge in [-0.3, -0.25) is 19.7 Å². The fraction of sp³-hybridized carbons (Fsp3) is 0.273. The molecule has 0 aliphatic carbocycles. The van der Waals surface area contributed by atoms with Crippen molar-refractivity contribution in [3.05, 3.63) is 37.9 Å². The number of nitro benzene ring substituents is 1. The van der Waals surface area contributed by atoms with Gasteiger partial charge in [-0.1, -0.05) is 23.2 Å². The maximum atomic E-state index is 11.0. The van der Waals surface area contributed by atoms with Crippen molar-refractivity contribution in [3.63, 3.8) is 0 Å². The van der Waals surface area contributed by atoms with E-state index < -0.39 is 28.8 Å². The summed E-state index contributed by atoms with van der Waals surface area (Å²) in [6.07, 6.45) is -1.48. The van der Waals surface area contributed by atoms with Crippen molar-refractivity contribution in [2.24, 2.45) is 0 Å². The number of esters is 2. The SMILES string of the molecule is CC(=O)OC(OC(C)=O)c1cc([N+](=O)[O-])c(Cl)cc1Cl. The van der Waals surface area contributed by atoms with E-state index in [-0.39, 0.29) is 15.6 Å². The Morgan fingerprint density at radius 2 is 1.65 bits per heavy atom. The molecule has 108 valence electrons. The van der Waals surface area contributed by atoms with Crippen LogP contribution >= 0.6 is 23.2 Å². The van der Waals surface area contributed by atoms with Gasteiger partial charge in [0.05, 0.1) is 15.5 Å². The van der Waals surface area contributed by atoms with Gasteiger partial charge in [0.1, 0.15) is 5.02 Å². The fourth-order valence-electron chi connectivity index (χ4n) is 1.33. The Labute approximate surface area is 123 Å². The molecule has 0 N–H and O–H groups in total. The fourth-order valence-corrected chi connectivity index (χ4v) is 1.87. The Bertz CT molecular complexity index is 558. The zero-order valence-corrected chi connectivity index (χ0v) is 11.9. The Morgan fingerprint density at radius 1 is 1.15 bits per heavy atom. The van der Waals surface area contributed by atoms with Crippen LogP contribution in [0.5, 0.6) is 0 Å². The van der Waals surface area contributed by atoms with Crippen molar-refractivity contribution >= 4 is 40.8 Å². The van der Waals surface area contributed by atoms with Crippen LogP contribution in [0.25, 0.3) is 0 Å². The first-order chi connectivity index (χ1) is 9.22. The molecule has 0 heterocycles. The standard InChI is InChI=1S/C11H9Cl2NO6/c1-5(15)19-11(20-6(2)16)7-3-10(14(17)18)9(13)4-8(7)12/h3-4,11H,1-2H3. The molecule has 0 atom stereocenters. The molecule has 1 aromatic carbocycles. The number of carbonyl (C=O) groups excluding carboxylic acids is 2. The second kappa shape index (κ2) is 6.53. The van der Waals surface area contributed by atoms with E-state index in [0.717, 1.165) is 26.0 Å². The molecule has 1 aromatic rings. The summed E-state index contributed by atoms with van der Waals surface area (Å²) in [5, 5.41) is 10.6. The van der Waals surface area contributed by atoms with Crippen LogP contribution in [-0.4, -0.2) is 16.9 Å². The molecular formula is C11H9Cl2NO6. The number of hydrogen-bond donors (Lipinski definition) is 0. The van der Waals surface area contributed by atoms with E-state index in [0.29, 0.717) is 0 Å². The lowest BCUT2D eigenvalue weighted by atomic mass is 10.2. The number of hydrogen-bond acceptors (Lipinski definition) is 6. The van der Waals surface area contributed by atoms with Gasteiger partial charge < -0.3 is 9.47 Å². The highest BCUT2D eigenvalue weighted by atomic mass is 35.5. The van der Waals surface area contributed by atoms with Gasteiger partial charge in [0.25, 0.3) is 12.0 Å². The first-order valence-electron chi connectivity index (χ1n) is 5.20. The normalized spacial score (nSPS) is 10.2. The van der Waals surface area contributed by atoms with Crippen LogP contribution in [0, 0.1) is 10.1 Å². The summed E-state index contributed by atoms with van der Waals surface area (Å²) in [6.45, 7) is 2.18. The van der Waals surface area contributed by atoms with Crippen molar-refractivity contribution in [2.75, 3.05) is 0 Å². The van der Waals surface area contributed by atoms with Gasteiger partial charge in [-0.2, -0.15) is 0 Å². The second-order valence-electron chi connectivity index (χ2n) is 3.63. The molecule has 1 rings (SSSR count). The topological polar surface area (TPSA) is 95.7 Å². The van der Waals surface area contributed by atoms with Crippen molar-refractivity contribution in [1.29, 1.82) is 0 Å². The second-order valence-corrected chi connectivity index (χ2v) is 4.45. The van der Waals surface area contributed by atoms with Crippen LogP contribution in [0.2, 0.25) is 10.0 Å². The summed E-state index contributed by atoms with van der Waals surface area (Å²) in [7, 11) is 0. The minimum Gasteiger partial charge on any atom is -0.421 e. The Morgan fingerprint density at radius 3 is 2.05 bits per heavy atom. The molecule has 0 aromatic heterocycles. The van der Waals surface area contributed by atoms with Gasteiger partial charge in [0.2, 0.25) is 0 Å². The Balaban J connectivity index is 3.30. The summed E-state index contributed by atoms with van der Waals surface area (Å²) in [6, 6.07) is 2.10. The highest BCUT2D eigenvalue weighted by Crippen LogP contribution is 2.35. The van der Waals surface area contributed by atoms with Crippen molar-refractivity contribution in [2.45, 2.75) is 20.1 Å². The third-order valence-corrected chi connectivity index (χ3v) is 2.69. The van der Waals surface area contributed by atoms with E-state index in [9.17, 15) is 19.7 Å². The number of rotatable bonds is 4. The smallest absolute Gasteiger partial charge is 0.305 e. The van der Waals surface area contributed by atoms with Crippen LogP contribution in [0.3, 0.4) is 0 Å². The summed E-state index contributed by atoms with van der Waals surface area (Å²) in [5.74, 6) is -1.49. The first-order valence-corrected chi connectivity index (χ1v) is 5.95. The largest absolute Gasteiger partial charge is 0.421 e. The minimum absolute atomic E-state index is 0.0342. The molecule has 0 amide bonds. The zero-order chi connectivity index (χ0) is 15.4. The average Bonchev–Trinajstić information content (AvgIpc) is 2.26. The predicted molar refractivity (Wildman–Crippen MR) is 69.4 cm³/mol. The molecule has 0 aliphatic rings. The first kappa shape index (κ1) is 16.2. The minimum atomic E-state index is -1.48. The van der Waals surface area contributed by atoms with Crippen molar-refractivity contribution < 1.29 is 24.0 Å². The number of benzene rings is 1. The molecule has 0 bridgehead atoms. The summed E-state index contributed by atoms with van der Waals surface area (Å²) in [5.41, 5.74) is -0.497. The number of halogens is 2. The third-order valence-electron chi connectivity index (χ3n) is 2.06. The quantitative estimate of drug-likeness (QED) is 0.366. The van der Waals surface area contributed by atoms with Crippen LogP contribution in [0.15, 0.2) is 12.1 Å². The lowest BCUT2D eigenvalue weighted by Crippen LogP contribution is -2.15. The van der Waals surface area contributed by atoms with E-state index in [4.69, 9.17) is 32.7 Å². The number of carbonyl (C=O) groups is 2. The third kappa shape index (κ3) is 4.07. The van der Waals surface area contributed by atoms with Gasteiger partial charge in [-0.25, -0.2) is 0 Å². The zero-order valence-electron chi connectivity index (χ0n) is 10.4. The molecule has 20 heavy (non-hydrogen) atoms. The molecule has 0 aliphatic heterocycles. The molecule has 0 radical (unpaired) electrons. The van der Waals surface area contributed by atoms with E-state index in [1.807, 2.05) is 0 Å². The highest BCUT2D eigenvalue weighted by Gasteiger charge is 2.26. The molecular weight excluding hydrogens is 313 g/mol. The Hall–Kier alpha value is -1.86. The van der Waals surface area contributed by atoms with Gasteiger partial charge in [-0.15, -0.1) is 0 Å². The van der Waals surface area contributed by atoms with Gasteiger partial charge in [-0.05, 0) is 6.07 Å². The summed E-state index contributed by atoms with van der Waals surface area (Å²) >= 11 is 11.5. The summed E-state index contributed by atoms with van der Waals surface area (Å²) in [4.78, 5) is 32.1. The van der Waals surface area contributed by atoms with Gasteiger partial charge in [0, 0.05) is 19.9 Å². The molecule has 7 nitrogen and oxygen atoms in total. The van der Waals surface area contributed by atoms with Crippen LogP contribution in [0.4, 0.5) is 5.69 Å². The number of ether oxygens (including phenoxy) is 2. The molecule has 0 saturated carbocycles. The van der Waals surface area contributed by atoms with E-state index in [1.165, 1.54) is 0 Å². The predicted octanol–water partition coefficient (Wildman–Crippen LogP) is 3.03. The monoisotopic (exact) mass is 321 g/mol. The number of nitro groups is 1. The van der Waals surface area contributed by atoms with E-state index >= 15 is 0 Å². The summed E-state index contributed by atoms with van der Waals surface area (Å²) < 4.78 is 9.54. The highest BCUT2D eigenvalue weighted by molar-refractivity contribution is 6.36. The van der Waals surface area contributed by atoms with Crippen LogP contribution in [-0.2, 0) is 19.1 Å². The van der Waals surface area contributed by atoms with E-state index in [2.05, 4.69) is 0 Å². The maximum absolute atomic E-state index is 11.0. The van der Waals surface area contributed by atoms with Gasteiger partial charge >= 0.3 is 11.9 Å². The van der Waals surface area contributed by atoms with Gasteiger partial charge in [0.15, 0.2) is 0 Å². The average molecular weight is 322 g/mol.